The molecule has 0 bridgehead atoms. The predicted octanol–water partition coefficient (Wildman–Crippen LogP) is 4.23. The summed E-state index contributed by atoms with van der Waals surface area (Å²) in [5.74, 6) is 0. The molecule has 7 nitrogen and oxygen atoms in total. The molecular formula is C26H31F2N7. The lowest BCUT2D eigenvalue weighted by Crippen LogP contribution is -2.52. The minimum Gasteiger partial charge on any atom is -0.369 e. The molecule has 0 radical (unpaired) electrons. The topological polar surface area (TPSA) is 52.8 Å². The Bertz CT molecular complexity index is 1220. The highest BCUT2D eigenvalue weighted by atomic mass is 19.3. The molecule has 2 aliphatic heterocycles. The molecule has 5 rings (SSSR count). The van der Waals surface area contributed by atoms with Crippen LogP contribution in [0, 0.1) is 0 Å². The van der Waals surface area contributed by atoms with E-state index in [-0.39, 0.29) is 5.69 Å². The van der Waals surface area contributed by atoms with Crippen LogP contribution in [0.4, 0.5) is 14.5 Å². The standard InChI is InChI=1S/C26H31F2N7/c1-4-20-21(14-24(25(27)28)31-23(20)5-2)22-16-30-35-17-19(15-29-26(22)35)33-8-6-18(7-9-33)34-12-10-32(3)11-13-34/h4-5,14-18,25H,1-2,6-13H2,3H3. The van der Waals surface area contributed by atoms with E-state index in [1.807, 2.05) is 12.4 Å². The van der Waals surface area contributed by atoms with Crippen LogP contribution in [-0.2, 0) is 0 Å². The van der Waals surface area contributed by atoms with Gasteiger partial charge in [0.05, 0.1) is 30.0 Å². The summed E-state index contributed by atoms with van der Waals surface area (Å²) in [6.45, 7) is 14.1. The molecule has 0 amide bonds. The monoisotopic (exact) mass is 479 g/mol. The van der Waals surface area contributed by atoms with Gasteiger partial charge in [-0.2, -0.15) is 5.10 Å². The van der Waals surface area contributed by atoms with Gasteiger partial charge in [0.25, 0.3) is 6.43 Å². The Kier molecular flexibility index (Phi) is 6.62. The molecule has 0 atom stereocenters. The van der Waals surface area contributed by atoms with E-state index in [4.69, 9.17) is 4.98 Å². The lowest BCUT2D eigenvalue weighted by atomic mass is 9.99. The van der Waals surface area contributed by atoms with Gasteiger partial charge >= 0.3 is 0 Å². The molecule has 9 heteroatoms. The fourth-order valence-electron chi connectivity index (χ4n) is 5.19. The minimum absolute atomic E-state index is 0.306. The van der Waals surface area contributed by atoms with E-state index < -0.39 is 6.43 Å². The molecule has 2 fully saturated rings. The van der Waals surface area contributed by atoms with E-state index in [0.29, 0.717) is 34.1 Å². The average Bonchev–Trinajstić information content (AvgIpc) is 3.31. The number of fused-ring (bicyclic) bond motifs is 1. The first-order valence-electron chi connectivity index (χ1n) is 12.1. The Morgan fingerprint density at radius 1 is 1.00 bits per heavy atom. The number of piperazine rings is 1. The van der Waals surface area contributed by atoms with Crippen molar-refractivity contribution in [2.45, 2.75) is 25.3 Å². The molecule has 3 aromatic rings. The molecule has 184 valence electrons. The first-order chi connectivity index (χ1) is 17.0. The third-order valence-corrected chi connectivity index (χ3v) is 7.25. The molecule has 35 heavy (non-hydrogen) atoms. The van der Waals surface area contributed by atoms with Crippen LogP contribution in [0.2, 0.25) is 0 Å². The number of anilines is 1. The second-order valence-electron chi connectivity index (χ2n) is 9.30. The Hall–Kier alpha value is -3.17. The maximum atomic E-state index is 13.5. The lowest BCUT2D eigenvalue weighted by Gasteiger charge is -2.42. The molecule has 0 N–H and O–H groups in total. The van der Waals surface area contributed by atoms with Crippen molar-refractivity contribution in [1.82, 2.24) is 29.4 Å². The predicted molar refractivity (Wildman–Crippen MR) is 136 cm³/mol. The molecule has 2 saturated heterocycles. The second-order valence-corrected chi connectivity index (χ2v) is 9.30. The summed E-state index contributed by atoms with van der Waals surface area (Å²) in [5, 5.41) is 4.50. The number of alkyl halides is 2. The second kappa shape index (κ2) is 9.83. The highest BCUT2D eigenvalue weighted by Gasteiger charge is 2.27. The molecule has 2 aliphatic rings. The normalized spacial score (nSPS) is 18.5. The molecule has 0 saturated carbocycles. The van der Waals surface area contributed by atoms with Crippen molar-refractivity contribution >= 4 is 23.5 Å². The number of rotatable bonds is 6. The van der Waals surface area contributed by atoms with Crippen LogP contribution in [-0.4, -0.2) is 81.7 Å². The van der Waals surface area contributed by atoms with E-state index in [1.54, 1.807) is 16.8 Å². The van der Waals surface area contributed by atoms with E-state index in [2.05, 4.69) is 45.0 Å². The van der Waals surface area contributed by atoms with Crippen molar-refractivity contribution < 1.29 is 8.78 Å². The quantitative estimate of drug-likeness (QED) is 0.528. The van der Waals surface area contributed by atoms with Crippen LogP contribution < -0.4 is 4.90 Å². The zero-order chi connectivity index (χ0) is 24.5. The van der Waals surface area contributed by atoms with Gasteiger partial charge in [-0.3, -0.25) is 4.90 Å². The largest absolute Gasteiger partial charge is 0.369 e. The number of hydrogen-bond acceptors (Lipinski definition) is 6. The SMILES string of the molecule is C=Cc1nc(C(F)F)cc(-c2cnn3cc(N4CCC(N5CCN(C)CC5)CC4)cnc23)c1C=C. The van der Waals surface area contributed by atoms with Crippen LogP contribution in [0.15, 0.2) is 37.8 Å². The Balaban J connectivity index is 1.38. The number of likely N-dealkylation sites (N-methyl/N-ethyl adjacent to an activating group) is 1. The number of pyridine rings is 1. The lowest BCUT2D eigenvalue weighted by molar-refractivity contribution is 0.0982. The van der Waals surface area contributed by atoms with Crippen LogP contribution in [0.5, 0.6) is 0 Å². The molecule has 0 aliphatic carbocycles. The summed E-state index contributed by atoms with van der Waals surface area (Å²) < 4.78 is 28.7. The maximum Gasteiger partial charge on any atom is 0.280 e. The van der Waals surface area contributed by atoms with Gasteiger partial charge in [-0.1, -0.05) is 19.2 Å². The van der Waals surface area contributed by atoms with E-state index in [9.17, 15) is 8.78 Å². The van der Waals surface area contributed by atoms with Gasteiger partial charge in [0.15, 0.2) is 5.65 Å². The highest BCUT2D eigenvalue weighted by Crippen LogP contribution is 2.33. The number of aromatic nitrogens is 4. The van der Waals surface area contributed by atoms with Crippen molar-refractivity contribution in [2.75, 3.05) is 51.2 Å². The molecular weight excluding hydrogens is 448 g/mol. The molecule has 0 aromatic carbocycles. The average molecular weight is 480 g/mol. The molecule has 0 spiro atoms. The van der Waals surface area contributed by atoms with E-state index in [0.717, 1.165) is 57.8 Å². The smallest absolute Gasteiger partial charge is 0.280 e. The van der Waals surface area contributed by atoms with Gasteiger partial charge in [-0.25, -0.2) is 23.3 Å². The Labute approximate surface area is 204 Å². The minimum atomic E-state index is -2.69. The van der Waals surface area contributed by atoms with Gasteiger partial charge in [0.2, 0.25) is 0 Å². The van der Waals surface area contributed by atoms with Crippen molar-refractivity contribution in [3.63, 3.8) is 0 Å². The van der Waals surface area contributed by atoms with Crippen molar-refractivity contribution in [2.24, 2.45) is 0 Å². The zero-order valence-electron chi connectivity index (χ0n) is 20.1. The summed E-state index contributed by atoms with van der Waals surface area (Å²) in [4.78, 5) is 16.1. The number of halogens is 2. The zero-order valence-corrected chi connectivity index (χ0v) is 20.1. The van der Waals surface area contributed by atoms with Crippen molar-refractivity contribution in [1.29, 1.82) is 0 Å². The van der Waals surface area contributed by atoms with Crippen LogP contribution >= 0.6 is 0 Å². The molecule has 5 heterocycles. The Morgan fingerprint density at radius 3 is 2.40 bits per heavy atom. The summed E-state index contributed by atoms with van der Waals surface area (Å²) in [6, 6.07) is 2.03. The summed E-state index contributed by atoms with van der Waals surface area (Å²) >= 11 is 0. The number of hydrogen-bond donors (Lipinski definition) is 0. The van der Waals surface area contributed by atoms with Gasteiger partial charge in [-0.15, -0.1) is 0 Å². The summed E-state index contributed by atoms with van der Waals surface area (Å²) in [7, 11) is 2.19. The summed E-state index contributed by atoms with van der Waals surface area (Å²) in [5.41, 5.74) is 3.55. The van der Waals surface area contributed by atoms with Crippen molar-refractivity contribution in [3.05, 3.63) is 54.8 Å². The summed E-state index contributed by atoms with van der Waals surface area (Å²) in [6.07, 6.45) is 8.14. The number of nitrogens with zero attached hydrogens (tertiary/aromatic N) is 7. The third-order valence-electron chi connectivity index (χ3n) is 7.25. The van der Waals surface area contributed by atoms with Crippen molar-refractivity contribution in [3.8, 4) is 11.1 Å². The Morgan fingerprint density at radius 2 is 1.74 bits per heavy atom. The van der Waals surface area contributed by atoms with Crippen LogP contribution in [0.3, 0.4) is 0 Å². The van der Waals surface area contributed by atoms with Gasteiger partial charge in [0.1, 0.15) is 5.69 Å². The first kappa shape index (κ1) is 23.6. The van der Waals surface area contributed by atoms with Gasteiger partial charge in [-0.05, 0) is 37.6 Å². The first-order valence-corrected chi connectivity index (χ1v) is 12.1. The fourth-order valence-corrected chi connectivity index (χ4v) is 5.19. The molecule has 3 aromatic heterocycles. The van der Waals surface area contributed by atoms with Gasteiger partial charge < -0.3 is 9.80 Å². The molecule has 0 unspecified atom stereocenters. The fraction of sp³-hybridized carbons (Fsp3) is 0.423. The third kappa shape index (κ3) is 4.58. The van der Waals surface area contributed by atoms with Gasteiger partial charge in [0, 0.05) is 56.4 Å². The van der Waals surface area contributed by atoms with E-state index in [1.165, 1.54) is 12.1 Å². The van der Waals surface area contributed by atoms with Crippen LogP contribution in [0.1, 0.15) is 36.2 Å². The maximum absolute atomic E-state index is 13.5. The number of piperidine rings is 1. The van der Waals surface area contributed by atoms with Crippen LogP contribution in [0.25, 0.3) is 28.9 Å². The van der Waals surface area contributed by atoms with E-state index >= 15 is 0 Å². The highest BCUT2D eigenvalue weighted by molar-refractivity contribution is 5.86.